The van der Waals surface area contributed by atoms with E-state index in [9.17, 15) is 0 Å². The predicted molar refractivity (Wildman–Crippen MR) is 47.8 cm³/mol. The summed E-state index contributed by atoms with van der Waals surface area (Å²) < 4.78 is 0. The van der Waals surface area contributed by atoms with Gasteiger partial charge in [-0.15, -0.1) is 0 Å². The molecular formula is C8H12NP. The van der Waals surface area contributed by atoms with Gasteiger partial charge in [0.05, 0.1) is 0 Å². The average Bonchev–Trinajstić information content (AvgIpc) is 1.88. The zero-order valence-electron chi connectivity index (χ0n) is 6.33. The lowest BCUT2D eigenvalue weighted by Gasteiger charge is -2.04. The minimum absolute atomic E-state index is 0.412. The molecule has 1 rings (SSSR count). The molecule has 0 aromatic heterocycles. The van der Waals surface area contributed by atoms with E-state index in [-0.39, 0.29) is 0 Å². The summed E-state index contributed by atoms with van der Waals surface area (Å²) in [6.45, 7) is 4.15. The van der Waals surface area contributed by atoms with Crippen LogP contribution < -0.4 is 10.8 Å². The summed E-state index contributed by atoms with van der Waals surface area (Å²) in [4.78, 5) is 0. The highest BCUT2D eigenvalue weighted by Gasteiger charge is 1.96. The minimum atomic E-state index is -0.412. The molecule has 0 aliphatic carbocycles. The largest absolute Gasteiger partial charge is 0.306 e. The smallest absolute Gasteiger partial charge is 0.00975 e. The second-order valence-electron chi connectivity index (χ2n) is 2.45. The molecular weight excluding hydrogens is 141 g/mol. The van der Waals surface area contributed by atoms with Gasteiger partial charge in [-0.05, 0) is 27.0 Å². The summed E-state index contributed by atoms with van der Waals surface area (Å²) in [5.74, 6) is 0. The molecule has 0 aliphatic rings. The van der Waals surface area contributed by atoms with Gasteiger partial charge in [0.2, 0.25) is 0 Å². The second-order valence-corrected chi connectivity index (χ2v) is 4.19. The van der Waals surface area contributed by atoms with Crippen LogP contribution in [0.5, 0.6) is 0 Å². The lowest BCUT2D eigenvalue weighted by atomic mass is 10.2. The van der Waals surface area contributed by atoms with Crippen molar-refractivity contribution in [2.24, 2.45) is 5.50 Å². The Kier molecular flexibility index (Phi) is 2.42. The van der Waals surface area contributed by atoms with Crippen LogP contribution in [0.1, 0.15) is 5.56 Å². The molecule has 0 spiro atoms. The molecule has 0 amide bonds. The van der Waals surface area contributed by atoms with Crippen LogP contribution in [0.15, 0.2) is 24.3 Å². The predicted octanol–water partition coefficient (Wildman–Crippen LogP) is 1.61. The van der Waals surface area contributed by atoms with Crippen molar-refractivity contribution in [1.29, 1.82) is 0 Å². The molecule has 1 aromatic rings. The Morgan fingerprint density at radius 1 is 1.40 bits per heavy atom. The monoisotopic (exact) mass is 153 g/mol. The van der Waals surface area contributed by atoms with Crippen LogP contribution in [0.2, 0.25) is 0 Å². The van der Waals surface area contributed by atoms with Gasteiger partial charge in [-0.1, -0.05) is 29.8 Å². The fourth-order valence-electron chi connectivity index (χ4n) is 0.847. The fourth-order valence-corrected chi connectivity index (χ4v) is 1.58. The number of hydrogen-bond acceptors (Lipinski definition) is 1. The normalized spacial score (nSPS) is 13.1. The van der Waals surface area contributed by atoms with Gasteiger partial charge in [-0.25, -0.2) is 0 Å². The van der Waals surface area contributed by atoms with E-state index in [1.165, 1.54) is 10.9 Å². The van der Waals surface area contributed by atoms with Crippen LogP contribution in [0.3, 0.4) is 0 Å². The molecule has 0 fully saturated rings. The maximum absolute atomic E-state index is 5.75. The molecule has 54 valence electrons. The molecule has 0 aliphatic heterocycles. The van der Waals surface area contributed by atoms with Gasteiger partial charge < -0.3 is 5.50 Å². The van der Waals surface area contributed by atoms with E-state index in [2.05, 4.69) is 37.9 Å². The molecule has 0 radical (unpaired) electrons. The van der Waals surface area contributed by atoms with Crippen LogP contribution in [0.25, 0.3) is 0 Å². The Hall–Kier alpha value is -0.390. The molecule has 10 heavy (non-hydrogen) atoms. The molecule has 1 atom stereocenters. The van der Waals surface area contributed by atoms with Crippen molar-refractivity contribution in [2.45, 2.75) is 6.92 Å². The SMILES string of the molecule is Cc1cccc(P(C)N)c1. The van der Waals surface area contributed by atoms with Crippen molar-refractivity contribution in [3.63, 3.8) is 0 Å². The van der Waals surface area contributed by atoms with E-state index in [4.69, 9.17) is 5.50 Å². The first-order valence-corrected chi connectivity index (χ1v) is 5.11. The van der Waals surface area contributed by atoms with Crippen LogP contribution in [-0.4, -0.2) is 6.66 Å². The fraction of sp³-hybridized carbons (Fsp3) is 0.250. The third-order valence-corrected chi connectivity index (χ3v) is 2.50. The summed E-state index contributed by atoms with van der Waals surface area (Å²) >= 11 is 0. The van der Waals surface area contributed by atoms with E-state index >= 15 is 0 Å². The van der Waals surface area contributed by atoms with E-state index in [0.29, 0.717) is 0 Å². The molecule has 2 N–H and O–H groups in total. The van der Waals surface area contributed by atoms with Gasteiger partial charge in [0.1, 0.15) is 0 Å². The topological polar surface area (TPSA) is 26.0 Å². The summed E-state index contributed by atoms with van der Waals surface area (Å²) in [6.07, 6.45) is 0. The highest BCUT2D eigenvalue weighted by Crippen LogP contribution is 2.17. The Labute approximate surface area is 63.1 Å². The molecule has 0 saturated carbocycles. The number of hydrogen-bond donors (Lipinski definition) is 1. The molecule has 0 saturated heterocycles. The van der Waals surface area contributed by atoms with E-state index in [1.54, 1.807) is 0 Å². The summed E-state index contributed by atoms with van der Waals surface area (Å²) in [5, 5.41) is 1.27. The zero-order chi connectivity index (χ0) is 7.56. The molecule has 1 aromatic carbocycles. The van der Waals surface area contributed by atoms with Gasteiger partial charge in [0, 0.05) is 0 Å². The lowest BCUT2D eigenvalue weighted by molar-refractivity contribution is 1.49. The van der Waals surface area contributed by atoms with Crippen molar-refractivity contribution in [2.75, 3.05) is 6.66 Å². The van der Waals surface area contributed by atoms with Crippen LogP contribution in [-0.2, 0) is 0 Å². The maximum atomic E-state index is 5.75. The standard InChI is InChI=1S/C8H12NP/c1-7-4-3-5-8(6-7)10(2)9/h3-6H,9H2,1-2H3. The summed E-state index contributed by atoms with van der Waals surface area (Å²) in [5.41, 5.74) is 7.04. The Morgan fingerprint density at radius 2 is 2.10 bits per heavy atom. The number of rotatable bonds is 1. The Bertz CT molecular complexity index is 220. The minimum Gasteiger partial charge on any atom is -0.306 e. The first-order valence-electron chi connectivity index (χ1n) is 3.25. The third kappa shape index (κ3) is 1.80. The van der Waals surface area contributed by atoms with Crippen molar-refractivity contribution in [3.05, 3.63) is 29.8 Å². The summed E-state index contributed by atoms with van der Waals surface area (Å²) in [6, 6.07) is 8.36. The highest BCUT2D eigenvalue weighted by atomic mass is 31.1. The summed E-state index contributed by atoms with van der Waals surface area (Å²) in [7, 11) is -0.412. The maximum Gasteiger partial charge on any atom is -0.00975 e. The van der Waals surface area contributed by atoms with Gasteiger partial charge >= 0.3 is 0 Å². The van der Waals surface area contributed by atoms with E-state index < -0.39 is 8.07 Å². The second kappa shape index (κ2) is 3.14. The van der Waals surface area contributed by atoms with Crippen LogP contribution >= 0.6 is 8.07 Å². The lowest BCUT2D eigenvalue weighted by Crippen LogP contribution is -2.05. The molecule has 0 bridgehead atoms. The van der Waals surface area contributed by atoms with Crippen molar-refractivity contribution < 1.29 is 0 Å². The van der Waals surface area contributed by atoms with E-state index in [0.717, 1.165) is 0 Å². The highest BCUT2D eigenvalue weighted by molar-refractivity contribution is 7.62. The number of aryl methyl sites for hydroxylation is 1. The van der Waals surface area contributed by atoms with Gasteiger partial charge in [0.15, 0.2) is 0 Å². The zero-order valence-corrected chi connectivity index (χ0v) is 7.23. The molecule has 0 heterocycles. The van der Waals surface area contributed by atoms with Crippen molar-refractivity contribution in [1.82, 2.24) is 0 Å². The van der Waals surface area contributed by atoms with Crippen molar-refractivity contribution in [3.8, 4) is 0 Å². The molecule has 1 unspecified atom stereocenters. The Morgan fingerprint density at radius 3 is 2.50 bits per heavy atom. The number of nitrogens with two attached hydrogens (primary N) is 1. The number of benzene rings is 1. The first-order chi connectivity index (χ1) is 4.70. The van der Waals surface area contributed by atoms with Crippen LogP contribution in [0, 0.1) is 6.92 Å². The van der Waals surface area contributed by atoms with Gasteiger partial charge in [-0.3, -0.25) is 0 Å². The molecule has 1 nitrogen and oxygen atoms in total. The van der Waals surface area contributed by atoms with Gasteiger partial charge in [-0.2, -0.15) is 0 Å². The van der Waals surface area contributed by atoms with Crippen molar-refractivity contribution >= 4 is 13.4 Å². The average molecular weight is 153 g/mol. The first kappa shape index (κ1) is 7.71. The molecule has 2 heteroatoms. The van der Waals surface area contributed by atoms with Gasteiger partial charge in [0.25, 0.3) is 0 Å². The van der Waals surface area contributed by atoms with Crippen LogP contribution in [0.4, 0.5) is 0 Å². The quantitative estimate of drug-likeness (QED) is 0.609. The third-order valence-electron chi connectivity index (χ3n) is 1.41. The Balaban J connectivity index is 2.96. The van der Waals surface area contributed by atoms with E-state index in [1.807, 2.05) is 0 Å².